The summed E-state index contributed by atoms with van der Waals surface area (Å²) in [5.74, 6) is 0. The normalized spacial score (nSPS) is 20.5. The smallest absolute Gasteiger partial charge is 0.207 e. The number of sulfonamides is 1. The van der Waals surface area contributed by atoms with Gasteiger partial charge in [0.2, 0.25) is 10.0 Å². The van der Waals surface area contributed by atoms with Crippen LogP contribution in [0.1, 0.15) is 26.2 Å². The molecule has 8 heteroatoms. The highest BCUT2D eigenvalue weighted by molar-refractivity contribution is 7.89. The highest BCUT2D eigenvalue weighted by Crippen LogP contribution is 2.25. The van der Waals surface area contributed by atoms with E-state index in [1.807, 2.05) is 6.92 Å². The average Bonchev–Trinajstić information content (AvgIpc) is 3.02. The van der Waals surface area contributed by atoms with Crippen LogP contribution in [-0.2, 0) is 10.0 Å². The minimum atomic E-state index is -3.42. The molecule has 0 saturated carbocycles. The third-order valence-corrected chi connectivity index (χ3v) is 5.83. The first-order valence-corrected chi connectivity index (χ1v) is 8.38. The molecule has 0 bridgehead atoms. The van der Waals surface area contributed by atoms with Crippen LogP contribution >= 0.6 is 0 Å². The van der Waals surface area contributed by atoms with Gasteiger partial charge < -0.3 is 0 Å². The van der Waals surface area contributed by atoms with Gasteiger partial charge in [-0.3, -0.25) is 0 Å². The van der Waals surface area contributed by atoms with Gasteiger partial charge in [0.15, 0.2) is 0 Å². The van der Waals surface area contributed by atoms with Crippen molar-refractivity contribution in [3.63, 3.8) is 0 Å². The zero-order valence-electron chi connectivity index (χ0n) is 11.8. The van der Waals surface area contributed by atoms with Gasteiger partial charge in [-0.25, -0.2) is 13.1 Å². The highest BCUT2D eigenvalue weighted by Gasteiger charge is 2.30. The first kappa shape index (κ1) is 14.2. The Balaban J connectivity index is 1.89. The van der Waals surface area contributed by atoms with Crippen molar-refractivity contribution >= 4 is 10.0 Å². The number of benzene rings is 1. The van der Waals surface area contributed by atoms with Crippen LogP contribution in [-0.4, -0.2) is 45.5 Å². The van der Waals surface area contributed by atoms with Crippen molar-refractivity contribution in [1.82, 2.24) is 24.5 Å². The van der Waals surface area contributed by atoms with E-state index >= 15 is 0 Å². The van der Waals surface area contributed by atoms with Crippen LogP contribution in [0.3, 0.4) is 0 Å². The number of hydrogen-bond acceptors (Lipinski definition) is 5. The van der Waals surface area contributed by atoms with E-state index in [0.717, 1.165) is 24.9 Å². The summed E-state index contributed by atoms with van der Waals surface area (Å²) in [6, 6.07) is 6.68. The molecule has 1 aliphatic rings. The molecule has 0 aliphatic carbocycles. The summed E-state index contributed by atoms with van der Waals surface area (Å²) >= 11 is 0. The Morgan fingerprint density at radius 2 is 1.95 bits per heavy atom. The van der Waals surface area contributed by atoms with Crippen molar-refractivity contribution in [2.75, 3.05) is 6.54 Å². The van der Waals surface area contributed by atoms with Gasteiger partial charge in [0.1, 0.15) is 6.33 Å². The van der Waals surface area contributed by atoms with Crippen molar-refractivity contribution in [1.29, 1.82) is 0 Å². The molecule has 2 heterocycles. The lowest BCUT2D eigenvalue weighted by molar-refractivity contribution is 0.268. The summed E-state index contributed by atoms with van der Waals surface area (Å²) in [6.45, 7) is 2.56. The Morgan fingerprint density at radius 1 is 1.19 bits per heavy atom. The molecule has 0 radical (unpaired) electrons. The zero-order chi connectivity index (χ0) is 14.9. The molecule has 0 N–H and O–H groups in total. The molecule has 0 unspecified atom stereocenters. The van der Waals surface area contributed by atoms with E-state index < -0.39 is 10.0 Å². The predicted octanol–water partition coefficient (Wildman–Crippen LogP) is 1.23. The quantitative estimate of drug-likeness (QED) is 0.852. The summed E-state index contributed by atoms with van der Waals surface area (Å²) < 4.78 is 28.4. The van der Waals surface area contributed by atoms with Crippen LogP contribution < -0.4 is 0 Å². The second-order valence-electron chi connectivity index (χ2n) is 5.21. The molecule has 21 heavy (non-hydrogen) atoms. The first-order chi connectivity index (χ1) is 10.1. The van der Waals surface area contributed by atoms with Gasteiger partial charge in [-0.1, -0.05) is 6.42 Å². The summed E-state index contributed by atoms with van der Waals surface area (Å²) in [4.78, 5) is 0.313. The van der Waals surface area contributed by atoms with Gasteiger partial charge in [-0.05, 0) is 54.5 Å². The number of aromatic nitrogens is 4. The molecule has 112 valence electrons. The van der Waals surface area contributed by atoms with Crippen LogP contribution in [0.25, 0.3) is 5.69 Å². The number of nitrogens with zero attached hydrogens (tertiary/aromatic N) is 5. The molecule has 1 fully saturated rings. The van der Waals surface area contributed by atoms with Gasteiger partial charge in [-0.2, -0.15) is 4.31 Å². The summed E-state index contributed by atoms with van der Waals surface area (Å²) in [5.41, 5.74) is 0.727. The fourth-order valence-corrected chi connectivity index (χ4v) is 4.31. The summed E-state index contributed by atoms with van der Waals surface area (Å²) in [5, 5.41) is 10.9. The van der Waals surface area contributed by atoms with Gasteiger partial charge in [0, 0.05) is 12.6 Å². The van der Waals surface area contributed by atoms with Crippen molar-refractivity contribution < 1.29 is 8.42 Å². The van der Waals surface area contributed by atoms with Crippen molar-refractivity contribution in [3.8, 4) is 5.69 Å². The molecule has 1 atom stereocenters. The number of rotatable bonds is 3. The topological polar surface area (TPSA) is 81.0 Å². The number of piperidine rings is 1. The summed E-state index contributed by atoms with van der Waals surface area (Å²) in [6.07, 6.45) is 4.40. The molecule has 1 aromatic carbocycles. The second kappa shape index (κ2) is 5.53. The van der Waals surface area contributed by atoms with E-state index in [0.29, 0.717) is 11.4 Å². The van der Waals surface area contributed by atoms with Crippen LogP contribution in [0.2, 0.25) is 0 Å². The third kappa shape index (κ3) is 2.68. The zero-order valence-corrected chi connectivity index (χ0v) is 12.6. The van der Waals surface area contributed by atoms with Gasteiger partial charge in [0.25, 0.3) is 0 Å². The molecule has 0 spiro atoms. The van der Waals surface area contributed by atoms with Crippen LogP contribution in [0.5, 0.6) is 0 Å². The molecular formula is C13H17N5O2S. The van der Waals surface area contributed by atoms with Crippen molar-refractivity contribution in [2.45, 2.75) is 37.1 Å². The highest BCUT2D eigenvalue weighted by atomic mass is 32.2. The number of tetrazole rings is 1. The number of hydrogen-bond donors (Lipinski definition) is 0. The lowest BCUT2D eigenvalue weighted by Crippen LogP contribution is -2.41. The van der Waals surface area contributed by atoms with Gasteiger partial charge in [-0.15, -0.1) is 5.10 Å². The SMILES string of the molecule is C[C@H]1CCCCN1S(=O)(=O)c1ccc(-n2cnnn2)cc1. The van der Waals surface area contributed by atoms with E-state index in [4.69, 9.17) is 0 Å². The van der Waals surface area contributed by atoms with E-state index in [9.17, 15) is 8.42 Å². The Hall–Kier alpha value is -1.80. The minimum absolute atomic E-state index is 0.0583. The van der Waals surface area contributed by atoms with Crippen LogP contribution in [0.4, 0.5) is 0 Å². The Kier molecular flexibility index (Phi) is 3.73. The largest absolute Gasteiger partial charge is 0.243 e. The fourth-order valence-electron chi connectivity index (χ4n) is 2.61. The first-order valence-electron chi connectivity index (χ1n) is 6.94. The standard InChI is InChI=1S/C13H17N5O2S/c1-11-4-2-3-9-18(11)21(19,20)13-7-5-12(6-8-13)17-10-14-15-16-17/h5-8,10-11H,2-4,9H2,1H3/t11-/m0/s1. The van der Waals surface area contributed by atoms with E-state index in [-0.39, 0.29) is 6.04 Å². The summed E-state index contributed by atoms with van der Waals surface area (Å²) in [7, 11) is -3.42. The van der Waals surface area contributed by atoms with Gasteiger partial charge >= 0.3 is 0 Å². The molecule has 1 aliphatic heterocycles. The van der Waals surface area contributed by atoms with Gasteiger partial charge in [0.05, 0.1) is 10.6 Å². The molecular weight excluding hydrogens is 290 g/mol. The molecule has 1 aromatic heterocycles. The maximum absolute atomic E-state index is 12.7. The average molecular weight is 307 g/mol. The van der Waals surface area contributed by atoms with Crippen LogP contribution in [0, 0.1) is 0 Å². The maximum atomic E-state index is 12.7. The van der Waals surface area contributed by atoms with Crippen molar-refractivity contribution in [3.05, 3.63) is 30.6 Å². The lowest BCUT2D eigenvalue weighted by Gasteiger charge is -2.32. The molecule has 3 rings (SSSR count). The third-order valence-electron chi connectivity index (χ3n) is 3.80. The predicted molar refractivity (Wildman–Crippen MR) is 76.4 cm³/mol. The van der Waals surface area contributed by atoms with Crippen LogP contribution in [0.15, 0.2) is 35.5 Å². The van der Waals surface area contributed by atoms with E-state index in [1.165, 1.54) is 11.0 Å². The fraction of sp³-hybridized carbons (Fsp3) is 0.462. The monoisotopic (exact) mass is 307 g/mol. The lowest BCUT2D eigenvalue weighted by atomic mass is 10.1. The molecule has 0 amide bonds. The minimum Gasteiger partial charge on any atom is -0.207 e. The van der Waals surface area contributed by atoms with E-state index in [2.05, 4.69) is 15.5 Å². The Bertz CT molecular complexity index is 697. The maximum Gasteiger partial charge on any atom is 0.243 e. The Morgan fingerprint density at radius 3 is 2.57 bits per heavy atom. The van der Waals surface area contributed by atoms with Crippen molar-refractivity contribution in [2.24, 2.45) is 0 Å². The van der Waals surface area contributed by atoms with E-state index in [1.54, 1.807) is 28.6 Å². The molecule has 2 aromatic rings. The molecule has 7 nitrogen and oxygen atoms in total. The molecule has 1 saturated heterocycles. The Labute approximate surface area is 123 Å². The second-order valence-corrected chi connectivity index (χ2v) is 7.10.